The normalized spacial score (nSPS) is 14.1. The van der Waals surface area contributed by atoms with E-state index in [2.05, 4.69) is 36.2 Å². The van der Waals surface area contributed by atoms with Gasteiger partial charge >= 0.3 is 0 Å². The fourth-order valence-corrected chi connectivity index (χ4v) is 2.92. The second kappa shape index (κ2) is 7.25. The summed E-state index contributed by atoms with van der Waals surface area (Å²) in [7, 11) is 0. The maximum Gasteiger partial charge on any atom is 0.231 e. The van der Waals surface area contributed by atoms with Crippen molar-refractivity contribution >= 4 is 23.2 Å². The number of aromatic nitrogens is 2. The highest BCUT2D eigenvalue weighted by molar-refractivity contribution is 6.35. The van der Waals surface area contributed by atoms with Crippen LogP contribution in [0.4, 0.5) is 0 Å². The molecule has 2 unspecified atom stereocenters. The van der Waals surface area contributed by atoms with Crippen LogP contribution in [0, 0.1) is 0 Å². The minimum Gasteiger partial charge on any atom is -0.339 e. The second-order valence-corrected chi connectivity index (χ2v) is 5.85. The zero-order valence-corrected chi connectivity index (χ0v) is 13.9. The van der Waals surface area contributed by atoms with Gasteiger partial charge in [0.1, 0.15) is 0 Å². The Morgan fingerprint density at radius 3 is 2.43 bits per heavy atom. The summed E-state index contributed by atoms with van der Waals surface area (Å²) in [4.78, 5) is 4.50. The molecule has 6 heteroatoms. The zero-order chi connectivity index (χ0) is 15.4. The Morgan fingerprint density at radius 2 is 1.86 bits per heavy atom. The van der Waals surface area contributed by atoms with Crippen molar-refractivity contribution in [3.05, 3.63) is 34.1 Å². The maximum absolute atomic E-state index is 6.01. The van der Waals surface area contributed by atoms with Crippen molar-refractivity contribution in [3.8, 4) is 11.4 Å². The third-order valence-electron chi connectivity index (χ3n) is 3.45. The van der Waals surface area contributed by atoms with E-state index in [1.165, 1.54) is 0 Å². The molecule has 0 amide bonds. The lowest BCUT2D eigenvalue weighted by molar-refractivity contribution is 0.318. The summed E-state index contributed by atoms with van der Waals surface area (Å²) in [6.07, 6.45) is 0.923. The molecule has 0 radical (unpaired) electrons. The fraction of sp³-hybridized carbons (Fsp3) is 0.467. The third-order valence-corrected chi connectivity index (χ3v) is 3.89. The van der Waals surface area contributed by atoms with Crippen LogP contribution in [0.15, 0.2) is 22.7 Å². The van der Waals surface area contributed by atoms with Crippen LogP contribution in [0.1, 0.15) is 39.0 Å². The van der Waals surface area contributed by atoms with Crippen molar-refractivity contribution < 1.29 is 4.52 Å². The smallest absolute Gasteiger partial charge is 0.231 e. The van der Waals surface area contributed by atoms with Gasteiger partial charge < -0.3 is 9.84 Å². The van der Waals surface area contributed by atoms with Crippen molar-refractivity contribution in [1.82, 2.24) is 15.5 Å². The molecule has 1 aromatic carbocycles. The van der Waals surface area contributed by atoms with E-state index >= 15 is 0 Å². The number of likely N-dealkylation sites (N-methyl/N-ethyl adjacent to an activating group) is 1. The largest absolute Gasteiger partial charge is 0.339 e. The first-order chi connectivity index (χ1) is 10.0. The zero-order valence-electron chi connectivity index (χ0n) is 12.4. The summed E-state index contributed by atoms with van der Waals surface area (Å²) in [5.41, 5.74) is 0.758. The molecule has 0 aliphatic carbocycles. The van der Waals surface area contributed by atoms with E-state index < -0.39 is 0 Å². The average Bonchev–Trinajstić information content (AvgIpc) is 2.88. The molecule has 0 aliphatic rings. The van der Waals surface area contributed by atoms with Gasteiger partial charge in [0.05, 0.1) is 5.92 Å². The van der Waals surface area contributed by atoms with E-state index in [1.807, 2.05) is 0 Å². The van der Waals surface area contributed by atoms with Gasteiger partial charge in [-0.3, -0.25) is 0 Å². The van der Waals surface area contributed by atoms with Gasteiger partial charge in [0, 0.05) is 21.7 Å². The molecule has 2 rings (SSSR count). The molecule has 4 nitrogen and oxygen atoms in total. The summed E-state index contributed by atoms with van der Waals surface area (Å²) in [5, 5.41) is 8.55. The minimum absolute atomic E-state index is 0.181. The standard InChI is InChI=1S/C15H19Cl2N3O/c1-4-13(9(3)18-5-2)15-19-14(20-21-15)10-6-11(16)8-12(17)7-10/h6-9,13,18H,4-5H2,1-3H3. The van der Waals surface area contributed by atoms with Gasteiger partial charge in [-0.1, -0.05) is 42.2 Å². The first kappa shape index (κ1) is 16.3. The van der Waals surface area contributed by atoms with Crippen molar-refractivity contribution in [2.45, 2.75) is 39.2 Å². The van der Waals surface area contributed by atoms with Gasteiger partial charge in [-0.25, -0.2) is 0 Å². The third kappa shape index (κ3) is 3.96. The van der Waals surface area contributed by atoms with Gasteiger partial charge in [0.25, 0.3) is 0 Å². The highest BCUT2D eigenvalue weighted by Gasteiger charge is 2.23. The lowest BCUT2D eigenvalue weighted by atomic mass is 9.98. The SMILES string of the molecule is CCNC(C)C(CC)c1nc(-c2cc(Cl)cc(Cl)c2)no1. The van der Waals surface area contributed by atoms with Gasteiger partial charge in [-0.15, -0.1) is 0 Å². The summed E-state index contributed by atoms with van der Waals surface area (Å²) in [5.74, 6) is 1.33. The van der Waals surface area contributed by atoms with Crippen LogP contribution in [0.3, 0.4) is 0 Å². The Hall–Kier alpha value is -1.10. The monoisotopic (exact) mass is 327 g/mol. The molecule has 0 bridgehead atoms. The molecule has 1 heterocycles. The predicted molar refractivity (Wildman–Crippen MR) is 85.9 cm³/mol. The number of nitrogens with one attached hydrogen (secondary N) is 1. The minimum atomic E-state index is 0.181. The summed E-state index contributed by atoms with van der Waals surface area (Å²) < 4.78 is 5.43. The number of hydrogen-bond donors (Lipinski definition) is 1. The average molecular weight is 328 g/mol. The van der Waals surface area contributed by atoms with E-state index in [1.54, 1.807) is 18.2 Å². The Balaban J connectivity index is 2.27. The quantitative estimate of drug-likeness (QED) is 0.846. The number of benzene rings is 1. The van der Waals surface area contributed by atoms with Gasteiger partial charge in [0.15, 0.2) is 0 Å². The Kier molecular flexibility index (Phi) is 5.62. The summed E-state index contributed by atoms with van der Waals surface area (Å²) in [6.45, 7) is 7.22. The molecule has 2 aromatic rings. The lowest BCUT2D eigenvalue weighted by Gasteiger charge is -2.19. The topological polar surface area (TPSA) is 51.0 Å². The number of rotatable bonds is 6. The van der Waals surface area contributed by atoms with Crippen molar-refractivity contribution in [2.75, 3.05) is 6.54 Å². The van der Waals surface area contributed by atoms with Gasteiger partial charge in [-0.2, -0.15) is 4.98 Å². The molecule has 0 aliphatic heterocycles. The van der Waals surface area contributed by atoms with Crippen molar-refractivity contribution in [1.29, 1.82) is 0 Å². The first-order valence-corrected chi connectivity index (χ1v) is 7.84. The van der Waals surface area contributed by atoms with Crippen LogP contribution >= 0.6 is 23.2 Å². The van der Waals surface area contributed by atoms with E-state index in [0.717, 1.165) is 18.5 Å². The Bertz CT molecular complexity index is 580. The molecular formula is C15H19Cl2N3O. The van der Waals surface area contributed by atoms with Crippen LogP contribution in [0.5, 0.6) is 0 Å². The van der Waals surface area contributed by atoms with Crippen molar-refractivity contribution in [2.24, 2.45) is 0 Å². The number of hydrogen-bond acceptors (Lipinski definition) is 4. The second-order valence-electron chi connectivity index (χ2n) is 4.98. The molecule has 114 valence electrons. The fourth-order valence-electron chi connectivity index (χ4n) is 2.39. The molecule has 21 heavy (non-hydrogen) atoms. The molecule has 0 saturated carbocycles. The molecule has 1 N–H and O–H groups in total. The van der Waals surface area contributed by atoms with E-state index in [9.17, 15) is 0 Å². The van der Waals surface area contributed by atoms with E-state index in [0.29, 0.717) is 21.8 Å². The van der Waals surface area contributed by atoms with Gasteiger partial charge in [0.2, 0.25) is 11.7 Å². The molecule has 2 atom stereocenters. The van der Waals surface area contributed by atoms with Crippen LogP contribution in [0.25, 0.3) is 11.4 Å². The predicted octanol–water partition coefficient (Wildman–Crippen LogP) is 4.54. The maximum atomic E-state index is 6.01. The molecular weight excluding hydrogens is 309 g/mol. The van der Waals surface area contributed by atoms with Crippen molar-refractivity contribution in [3.63, 3.8) is 0 Å². The molecule has 1 aromatic heterocycles. The Labute approximate surface area is 134 Å². The molecule has 0 saturated heterocycles. The van der Waals surface area contributed by atoms with E-state index in [4.69, 9.17) is 27.7 Å². The number of nitrogens with zero attached hydrogens (tertiary/aromatic N) is 2. The summed E-state index contributed by atoms with van der Waals surface area (Å²) >= 11 is 12.0. The van der Waals surface area contributed by atoms with Crippen LogP contribution in [-0.2, 0) is 0 Å². The van der Waals surface area contributed by atoms with E-state index in [-0.39, 0.29) is 12.0 Å². The molecule has 0 spiro atoms. The number of halogens is 2. The summed E-state index contributed by atoms with van der Waals surface area (Å²) in [6, 6.07) is 5.50. The lowest BCUT2D eigenvalue weighted by Crippen LogP contribution is -2.31. The van der Waals surface area contributed by atoms with Gasteiger partial charge in [-0.05, 0) is 38.1 Å². The van der Waals surface area contributed by atoms with Crippen LogP contribution < -0.4 is 5.32 Å². The highest BCUT2D eigenvalue weighted by atomic mass is 35.5. The molecule has 0 fully saturated rings. The van der Waals surface area contributed by atoms with Crippen LogP contribution in [0.2, 0.25) is 10.0 Å². The van der Waals surface area contributed by atoms with Crippen LogP contribution in [-0.4, -0.2) is 22.7 Å². The Morgan fingerprint density at radius 1 is 1.19 bits per heavy atom. The first-order valence-electron chi connectivity index (χ1n) is 7.08. The highest BCUT2D eigenvalue weighted by Crippen LogP contribution is 2.28.